The van der Waals surface area contributed by atoms with Gasteiger partial charge in [0, 0.05) is 0 Å². The summed E-state index contributed by atoms with van der Waals surface area (Å²) in [5, 5.41) is 2.84. The van der Waals surface area contributed by atoms with Gasteiger partial charge in [-0.25, -0.2) is 0 Å². The Bertz CT molecular complexity index is 1970. The van der Waals surface area contributed by atoms with E-state index in [9.17, 15) is 61.5 Å². The number of carbonyl (C=O) groups is 2. The molecule has 0 saturated heterocycles. The molecule has 0 bridgehead atoms. The summed E-state index contributed by atoms with van der Waals surface area (Å²) in [6.07, 6.45) is -1.74. The fourth-order valence-electron chi connectivity index (χ4n) is 4.45. The minimum Gasteiger partial charge on any atom is -0.287 e. The lowest BCUT2D eigenvalue weighted by atomic mass is 9.78. The van der Waals surface area contributed by atoms with Crippen molar-refractivity contribution in [1.82, 2.24) is 0 Å². The number of para-hydroxylation sites is 2. The van der Waals surface area contributed by atoms with E-state index in [1.54, 1.807) is 0 Å². The number of allylic oxidation sites excluding steroid dienone is 2. The van der Waals surface area contributed by atoms with Crippen molar-refractivity contribution >= 4 is 74.8 Å². The molecule has 0 heterocycles. The Balaban J connectivity index is 1.83. The maximum Gasteiger partial charge on any atom is 0.296 e. The van der Waals surface area contributed by atoms with E-state index in [0.717, 1.165) is 24.3 Å². The smallest absolute Gasteiger partial charge is 0.287 e. The molecular formula is C22H20N4O14S4. The average molecular weight is 693 g/mol. The topological polar surface area (TPSA) is 300 Å². The SMILES string of the molecule is O=C1C2=C(CC(S(=O)(=O)O)/C1=N\Nc1ccccc1S(=O)(=O)O)CC(S(=O)(=O)O)/C(=N/Nc1ccccc1S(=O)(=O)O)C2=O. The van der Waals surface area contributed by atoms with Crippen LogP contribution in [0, 0.1) is 0 Å². The standard InChI is InChI=1S/C22H20N4O14S4/c27-21-18-11(9-16(43(35,36)37)19(21)25-23-12-5-1-3-7-14(12)41(29,30)31)10-17(44(38,39)40)20(22(18)28)26-24-13-6-2-4-8-15(13)42(32,33)34/h1-8,16-17,23-24H,9-10H2,(H,29,30,31)(H,32,33,34)(H,35,36,37)(H,38,39,40)/b25-19-,26-20+. The van der Waals surface area contributed by atoms with E-state index in [0.29, 0.717) is 0 Å². The van der Waals surface area contributed by atoms with Crippen molar-refractivity contribution in [3.05, 3.63) is 59.7 Å². The molecule has 22 heteroatoms. The van der Waals surface area contributed by atoms with E-state index < -0.39 is 119 Å². The minimum atomic E-state index is -5.19. The lowest BCUT2D eigenvalue weighted by molar-refractivity contribution is -0.115. The molecule has 0 aromatic heterocycles. The molecule has 0 amide bonds. The second-order valence-electron chi connectivity index (χ2n) is 9.21. The molecule has 2 aliphatic carbocycles. The summed E-state index contributed by atoms with van der Waals surface area (Å²) in [5.41, 5.74) is 0.0248. The zero-order valence-electron chi connectivity index (χ0n) is 21.6. The summed E-state index contributed by atoms with van der Waals surface area (Å²) in [6, 6.07) is 9.07. The Labute approximate surface area is 249 Å². The Kier molecular flexibility index (Phi) is 8.66. The van der Waals surface area contributed by atoms with Crippen molar-refractivity contribution < 1.29 is 61.5 Å². The molecular weight excluding hydrogens is 673 g/mol. The van der Waals surface area contributed by atoms with Crippen molar-refractivity contribution in [3.8, 4) is 0 Å². The normalized spacial score (nSPS) is 21.8. The first-order chi connectivity index (χ1) is 20.2. The molecule has 0 aliphatic heterocycles. The first-order valence-corrected chi connectivity index (χ1v) is 17.6. The van der Waals surface area contributed by atoms with Crippen LogP contribution >= 0.6 is 0 Å². The molecule has 18 nitrogen and oxygen atoms in total. The van der Waals surface area contributed by atoms with Crippen LogP contribution in [0.25, 0.3) is 0 Å². The number of hydrazone groups is 2. The molecule has 236 valence electrons. The van der Waals surface area contributed by atoms with Crippen LogP contribution in [-0.4, -0.2) is 85.4 Å². The number of benzene rings is 2. The molecule has 4 rings (SSSR count). The Hall–Kier alpha value is -3.90. The number of Topliss-reactive ketones (excluding diaryl/α,β-unsaturated/α-hetero) is 2. The molecule has 2 unspecified atom stereocenters. The molecule has 2 atom stereocenters. The van der Waals surface area contributed by atoms with Crippen molar-refractivity contribution in [2.24, 2.45) is 10.2 Å². The molecule has 2 aromatic rings. The highest BCUT2D eigenvalue weighted by molar-refractivity contribution is 7.88. The summed E-state index contributed by atoms with van der Waals surface area (Å²) in [4.78, 5) is 25.5. The van der Waals surface area contributed by atoms with Gasteiger partial charge in [-0.3, -0.25) is 38.7 Å². The quantitative estimate of drug-likeness (QED) is 0.122. The number of anilines is 2. The van der Waals surface area contributed by atoms with Gasteiger partial charge in [0.1, 0.15) is 31.7 Å². The Morgan fingerprint density at radius 2 is 0.932 bits per heavy atom. The predicted molar refractivity (Wildman–Crippen MR) is 152 cm³/mol. The van der Waals surface area contributed by atoms with Crippen LogP contribution in [0.3, 0.4) is 0 Å². The maximum atomic E-state index is 13.5. The van der Waals surface area contributed by atoms with Crippen LogP contribution in [0.2, 0.25) is 0 Å². The van der Waals surface area contributed by atoms with Crippen LogP contribution in [0.5, 0.6) is 0 Å². The van der Waals surface area contributed by atoms with Crippen LogP contribution in [0.1, 0.15) is 12.8 Å². The van der Waals surface area contributed by atoms with Gasteiger partial charge in [0.05, 0.1) is 16.9 Å². The fraction of sp³-hybridized carbons (Fsp3) is 0.182. The molecule has 6 N–H and O–H groups in total. The second kappa shape index (κ2) is 11.6. The molecule has 0 radical (unpaired) electrons. The molecule has 0 spiro atoms. The molecule has 2 aliphatic rings. The molecule has 44 heavy (non-hydrogen) atoms. The van der Waals surface area contributed by atoms with Gasteiger partial charge in [-0.2, -0.15) is 43.9 Å². The van der Waals surface area contributed by atoms with Gasteiger partial charge in [-0.1, -0.05) is 29.8 Å². The number of carbonyl (C=O) groups excluding carboxylic acids is 2. The highest BCUT2D eigenvalue weighted by Crippen LogP contribution is 2.35. The average Bonchev–Trinajstić information content (AvgIpc) is 2.89. The van der Waals surface area contributed by atoms with Crippen molar-refractivity contribution in [3.63, 3.8) is 0 Å². The molecule has 2 aromatic carbocycles. The zero-order chi connectivity index (χ0) is 32.8. The van der Waals surface area contributed by atoms with E-state index in [-0.39, 0.29) is 0 Å². The minimum absolute atomic E-state index is 0.417. The number of nitrogens with one attached hydrogen (secondary N) is 2. The van der Waals surface area contributed by atoms with Gasteiger partial charge in [-0.15, -0.1) is 0 Å². The van der Waals surface area contributed by atoms with Crippen LogP contribution in [0.15, 0.2) is 79.7 Å². The summed E-state index contributed by atoms with van der Waals surface area (Å²) in [5.74, 6) is -2.90. The third kappa shape index (κ3) is 6.76. The highest BCUT2D eigenvalue weighted by Gasteiger charge is 2.50. The number of hydrogen-bond donors (Lipinski definition) is 6. The first-order valence-electron chi connectivity index (χ1n) is 11.8. The monoisotopic (exact) mass is 692 g/mol. The number of hydrogen-bond acceptors (Lipinski definition) is 14. The van der Waals surface area contributed by atoms with E-state index in [4.69, 9.17) is 0 Å². The number of nitrogens with zero attached hydrogens (tertiary/aromatic N) is 2. The largest absolute Gasteiger partial charge is 0.296 e. The predicted octanol–water partition coefficient (Wildman–Crippen LogP) is 0.171. The molecule has 0 saturated carbocycles. The van der Waals surface area contributed by atoms with Gasteiger partial charge < -0.3 is 0 Å². The number of rotatable bonds is 8. The van der Waals surface area contributed by atoms with Crippen LogP contribution in [-0.2, 0) is 50.1 Å². The van der Waals surface area contributed by atoms with Gasteiger partial charge in [0.25, 0.3) is 40.5 Å². The maximum absolute atomic E-state index is 13.5. The molecule has 0 fully saturated rings. The second-order valence-corrected chi connectivity index (χ2v) is 15.2. The lowest BCUT2D eigenvalue weighted by Crippen LogP contribution is -2.49. The third-order valence-corrected chi connectivity index (χ3v) is 10.4. The van der Waals surface area contributed by atoms with Crippen LogP contribution < -0.4 is 10.9 Å². The fourth-order valence-corrected chi connectivity index (χ4v) is 7.44. The summed E-state index contributed by atoms with van der Waals surface area (Å²) in [6.45, 7) is 0. The Morgan fingerprint density at radius 1 is 0.591 bits per heavy atom. The van der Waals surface area contributed by atoms with Gasteiger partial charge in [0.2, 0.25) is 11.6 Å². The van der Waals surface area contributed by atoms with E-state index in [2.05, 4.69) is 21.1 Å². The first kappa shape index (κ1) is 33.0. The van der Waals surface area contributed by atoms with Crippen molar-refractivity contribution in [1.29, 1.82) is 0 Å². The summed E-state index contributed by atoms with van der Waals surface area (Å²) < 4.78 is 134. The van der Waals surface area contributed by atoms with E-state index in [1.165, 1.54) is 24.3 Å². The third-order valence-electron chi connectivity index (χ3n) is 6.39. The highest BCUT2D eigenvalue weighted by atomic mass is 32.2. The zero-order valence-corrected chi connectivity index (χ0v) is 24.9. The van der Waals surface area contributed by atoms with Gasteiger partial charge in [0.15, 0.2) is 0 Å². The Morgan fingerprint density at radius 3 is 1.25 bits per heavy atom. The summed E-state index contributed by atoms with van der Waals surface area (Å²) >= 11 is 0. The lowest BCUT2D eigenvalue weighted by Gasteiger charge is -2.31. The van der Waals surface area contributed by atoms with Crippen LogP contribution in [0.4, 0.5) is 11.4 Å². The van der Waals surface area contributed by atoms with Gasteiger partial charge >= 0.3 is 0 Å². The summed E-state index contributed by atoms with van der Waals surface area (Å²) in [7, 11) is -20.1. The van der Waals surface area contributed by atoms with Crippen molar-refractivity contribution in [2.45, 2.75) is 33.1 Å². The van der Waals surface area contributed by atoms with Crippen molar-refractivity contribution in [2.75, 3.05) is 10.9 Å². The van der Waals surface area contributed by atoms with E-state index >= 15 is 0 Å². The van der Waals surface area contributed by atoms with E-state index in [1.807, 2.05) is 0 Å². The van der Waals surface area contributed by atoms with Gasteiger partial charge in [-0.05, 0) is 37.1 Å². The number of ketones is 2.